The molecule has 4 heteroatoms. The lowest BCUT2D eigenvalue weighted by atomic mass is 10.4. The predicted molar refractivity (Wildman–Crippen MR) is 45.2 cm³/mol. The monoisotopic (exact) mass is 216 g/mol. The van der Waals surface area contributed by atoms with Gasteiger partial charge in [-0.1, -0.05) is 0 Å². The summed E-state index contributed by atoms with van der Waals surface area (Å²) in [6.07, 6.45) is 1.73. The molecule has 0 saturated carbocycles. The third-order valence-electron chi connectivity index (χ3n) is 1.22. The van der Waals surface area contributed by atoms with Gasteiger partial charge in [0.25, 0.3) is 0 Å². The van der Waals surface area contributed by atoms with Gasteiger partial charge in [0.15, 0.2) is 0 Å². The quantitative estimate of drug-likeness (QED) is 0.756. The van der Waals surface area contributed by atoms with Crippen molar-refractivity contribution in [2.75, 3.05) is 7.11 Å². The number of ether oxygens (including phenoxy) is 1. The Balaban J connectivity index is 2.93. The molecule has 0 radical (unpaired) electrons. The van der Waals surface area contributed by atoms with Gasteiger partial charge in [-0.05, 0) is 22.9 Å². The van der Waals surface area contributed by atoms with Crippen LogP contribution >= 0.6 is 15.9 Å². The van der Waals surface area contributed by atoms with Crippen molar-refractivity contribution in [3.05, 3.63) is 22.2 Å². The van der Waals surface area contributed by atoms with Crippen LogP contribution in [0.4, 0.5) is 0 Å². The summed E-state index contributed by atoms with van der Waals surface area (Å²) >= 11 is 3.33. The Morgan fingerprint density at radius 3 is 3.00 bits per heavy atom. The van der Waals surface area contributed by atoms with Crippen LogP contribution in [0, 0.1) is 6.92 Å². The second-order valence-electron chi connectivity index (χ2n) is 2.14. The molecule has 0 aromatic carbocycles. The van der Waals surface area contributed by atoms with Gasteiger partial charge < -0.3 is 4.74 Å². The zero-order valence-corrected chi connectivity index (χ0v) is 8.05. The van der Waals surface area contributed by atoms with Crippen LogP contribution in [-0.4, -0.2) is 17.1 Å². The van der Waals surface area contributed by atoms with Crippen molar-refractivity contribution < 1.29 is 4.74 Å². The van der Waals surface area contributed by atoms with Crippen LogP contribution in [0.5, 0.6) is 0 Å². The van der Waals surface area contributed by atoms with E-state index in [0.717, 1.165) is 16.0 Å². The number of aryl methyl sites for hydroxylation is 1. The highest BCUT2D eigenvalue weighted by Crippen LogP contribution is 2.13. The molecule has 0 fully saturated rings. The largest absolute Gasteiger partial charge is 0.378 e. The minimum Gasteiger partial charge on any atom is -0.378 e. The molecule has 11 heavy (non-hydrogen) atoms. The Bertz CT molecular complexity index is 252. The van der Waals surface area contributed by atoms with E-state index < -0.39 is 0 Å². The lowest BCUT2D eigenvalue weighted by molar-refractivity contribution is 0.180. The molecule has 1 aromatic heterocycles. The molecule has 0 saturated heterocycles. The lowest BCUT2D eigenvalue weighted by Gasteiger charge is -2.01. The van der Waals surface area contributed by atoms with Crippen LogP contribution in [0.15, 0.2) is 10.7 Å². The van der Waals surface area contributed by atoms with Gasteiger partial charge >= 0.3 is 0 Å². The number of rotatable bonds is 2. The number of nitrogens with zero attached hydrogens (tertiary/aromatic N) is 2. The maximum absolute atomic E-state index is 4.94. The summed E-state index contributed by atoms with van der Waals surface area (Å²) < 4.78 is 5.84. The third-order valence-corrected chi connectivity index (χ3v) is 1.88. The summed E-state index contributed by atoms with van der Waals surface area (Å²) in [4.78, 5) is 8.19. The molecule has 0 aliphatic heterocycles. The Morgan fingerprint density at radius 1 is 1.64 bits per heavy atom. The zero-order valence-electron chi connectivity index (χ0n) is 6.47. The molecule has 0 N–H and O–H groups in total. The van der Waals surface area contributed by atoms with E-state index in [1.54, 1.807) is 13.3 Å². The van der Waals surface area contributed by atoms with Gasteiger partial charge in [0, 0.05) is 13.3 Å². The van der Waals surface area contributed by atoms with Gasteiger partial charge in [0.05, 0.1) is 16.8 Å². The topological polar surface area (TPSA) is 35.0 Å². The molecule has 1 aromatic rings. The molecule has 3 nitrogen and oxygen atoms in total. The molecular weight excluding hydrogens is 208 g/mol. The molecular formula is C7H9BrN2O. The summed E-state index contributed by atoms with van der Waals surface area (Å²) in [5.74, 6) is 0.764. The third kappa shape index (κ3) is 2.24. The van der Waals surface area contributed by atoms with Crippen LogP contribution in [-0.2, 0) is 11.3 Å². The summed E-state index contributed by atoms with van der Waals surface area (Å²) in [5, 5.41) is 0. The SMILES string of the molecule is COCc1nc(C)ncc1Br. The maximum Gasteiger partial charge on any atom is 0.125 e. The predicted octanol–water partition coefficient (Wildman–Crippen LogP) is 1.69. The van der Waals surface area contributed by atoms with Gasteiger partial charge in [-0.2, -0.15) is 0 Å². The van der Waals surface area contributed by atoms with Gasteiger partial charge in [-0.25, -0.2) is 9.97 Å². The highest BCUT2D eigenvalue weighted by molar-refractivity contribution is 9.10. The minimum atomic E-state index is 0.518. The Morgan fingerprint density at radius 2 is 2.36 bits per heavy atom. The van der Waals surface area contributed by atoms with Gasteiger partial charge in [-0.15, -0.1) is 0 Å². The van der Waals surface area contributed by atoms with E-state index in [-0.39, 0.29) is 0 Å². The Hall–Kier alpha value is -0.480. The fourth-order valence-electron chi connectivity index (χ4n) is 0.740. The summed E-state index contributed by atoms with van der Waals surface area (Å²) in [6.45, 7) is 2.37. The molecule has 0 amide bonds. The second kappa shape index (κ2) is 3.78. The normalized spacial score (nSPS) is 10.1. The van der Waals surface area contributed by atoms with Crippen LogP contribution in [0.3, 0.4) is 0 Å². The first kappa shape index (κ1) is 8.62. The number of aromatic nitrogens is 2. The Labute approximate surface area is 73.9 Å². The first-order chi connectivity index (χ1) is 5.24. The Kier molecular flexibility index (Phi) is 2.96. The van der Waals surface area contributed by atoms with E-state index in [1.165, 1.54) is 0 Å². The standard InChI is InChI=1S/C7H9BrN2O/c1-5-9-3-6(8)7(10-5)4-11-2/h3H,4H2,1-2H3. The molecule has 60 valence electrons. The molecule has 0 bridgehead atoms. The highest BCUT2D eigenvalue weighted by atomic mass is 79.9. The molecule has 0 aliphatic carbocycles. The summed E-state index contributed by atoms with van der Waals surface area (Å²) in [5.41, 5.74) is 0.889. The van der Waals surface area contributed by atoms with E-state index in [0.29, 0.717) is 6.61 Å². The first-order valence-electron chi connectivity index (χ1n) is 3.21. The van der Waals surface area contributed by atoms with Crippen molar-refractivity contribution in [3.8, 4) is 0 Å². The molecule has 0 atom stereocenters. The van der Waals surface area contributed by atoms with Crippen LogP contribution in [0.2, 0.25) is 0 Å². The minimum absolute atomic E-state index is 0.518. The van der Waals surface area contributed by atoms with Gasteiger partial charge in [0.1, 0.15) is 5.82 Å². The highest BCUT2D eigenvalue weighted by Gasteiger charge is 2.00. The molecule has 0 spiro atoms. The fourth-order valence-corrected chi connectivity index (χ4v) is 1.05. The van der Waals surface area contributed by atoms with E-state index in [2.05, 4.69) is 25.9 Å². The van der Waals surface area contributed by atoms with E-state index >= 15 is 0 Å². The van der Waals surface area contributed by atoms with Crippen molar-refractivity contribution >= 4 is 15.9 Å². The van der Waals surface area contributed by atoms with Gasteiger partial charge in [0.2, 0.25) is 0 Å². The number of hydrogen-bond donors (Lipinski definition) is 0. The lowest BCUT2D eigenvalue weighted by Crippen LogP contribution is -1.97. The van der Waals surface area contributed by atoms with E-state index in [9.17, 15) is 0 Å². The summed E-state index contributed by atoms with van der Waals surface area (Å²) in [7, 11) is 1.64. The summed E-state index contributed by atoms with van der Waals surface area (Å²) in [6, 6.07) is 0. The second-order valence-corrected chi connectivity index (χ2v) is 3.00. The van der Waals surface area contributed by atoms with Crippen LogP contribution in [0.25, 0.3) is 0 Å². The molecule has 1 heterocycles. The first-order valence-corrected chi connectivity index (χ1v) is 4.00. The van der Waals surface area contributed by atoms with Crippen molar-refractivity contribution in [1.82, 2.24) is 9.97 Å². The average molecular weight is 217 g/mol. The maximum atomic E-state index is 4.94. The van der Waals surface area contributed by atoms with Crippen LogP contribution < -0.4 is 0 Å². The van der Waals surface area contributed by atoms with Crippen LogP contribution in [0.1, 0.15) is 11.5 Å². The fraction of sp³-hybridized carbons (Fsp3) is 0.429. The van der Waals surface area contributed by atoms with Crippen molar-refractivity contribution in [2.24, 2.45) is 0 Å². The van der Waals surface area contributed by atoms with E-state index in [4.69, 9.17) is 4.74 Å². The average Bonchev–Trinajstić information content (AvgIpc) is 1.98. The van der Waals surface area contributed by atoms with Crippen molar-refractivity contribution in [3.63, 3.8) is 0 Å². The number of halogens is 1. The number of methoxy groups -OCH3 is 1. The number of hydrogen-bond acceptors (Lipinski definition) is 3. The smallest absolute Gasteiger partial charge is 0.125 e. The van der Waals surface area contributed by atoms with E-state index in [1.807, 2.05) is 6.92 Å². The van der Waals surface area contributed by atoms with Crippen molar-refractivity contribution in [2.45, 2.75) is 13.5 Å². The molecule has 0 unspecified atom stereocenters. The van der Waals surface area contributed by atoms with Crippen molar-refractivity contribution in [1.29, 1.82) is 0 Å². The van der Waals surface area contributed by atoms with Gasteiger partial charge in [-0.3, -0.25) is 0 Å². The molecule has 0 aliphatic rings. The zero-order chi connectivity index (χ0) is 8.27. The molecule has 1 rings (SSSR count).